The largest absolute Gasteiger partial charge is 0.494 e. The molecular weight excluding hydrogens is 325 g/mol. The molecule has 1 aromatic carbocycles. The fourth-order valence-electron chi connectivity index (χ4n) is 2.35. The van der Waals surface area contributed by atoms with Crippen LogP contribution in [0.25, 0.3) is 5.69 Å². The smallest absolute Gasteiger partial charge is 0.229 e. The van der Waals surface area contributed by atoms with Gasteiger partial charge in [0.15, 0.2) is 5.82 Å². The van der Waals surface area contributed by atoms with Crippen LogP contribution < -0.4 is 15.4 Å². The van der Waals surface area contributed by atoms with Crippen LogP contribution in [0, 0.1) is 19.7 Å². The van der Waals surface area contributed by atoms with Crippen LogP contribution in [0.3, 0.4) is 0 Å². The van der Waals surface area contributed by atoms with Gasteiger partial charge in [0, 0.05) is 18.8 Å². The predicted molar refractivity (Wildman–Crippen MR) is 92.2 cm³/mol. The second kappa shape index (κ2) is 6.71. The third kappa shape index (κ3) is 3.35. The number of nitrogens with one attached hydrogen (secondary N) is 2. The van der Waals surface area contributed by atoms with Gasteiger partial charge in [-0.05, 0) is 26.0 Å². The van der Waals surface area contributed by atoms with Crippen molar-refractivity contribution < 1.29 is 9.13 Å². The van der Waals surface area contributed by atoms with E-state index < -0.39 is 5.82 Å². The van der Waals surface area contributed by atoms with Gasteiger partial charge < -0.3 is 15.4 Å². The number of hydrogen-bond acceptors (Lipinski definition) is 7. The van der Waals surface area contributed by atoms with Crippen molar-refractivity contribution >= 4 is 17.5 Å². The van der Waals surface area contributed by atoms with E-state index in [0.717, 1.165) is 5.69 Å². The molecule has 0 bridgehead atoms. The van der Waals surface area contributed by atoms with Crippen LogP contribution in [0.4, 0.5) is 21.8 Å². The van der Waals surface area contributed by atoms with E-state index in [1.54, 1.807) is 38.4 Å². The Labute approximate surface area is 144 Å². The van der Waals surface area contributed by atoms with Gasteiger partial charge >= 0.3 is 0 Å². The molecule has 0 unspecified atom stereocenters. The fourth-order valence-corrected chi connectivity index (χ4v) is 2.35. The summed E-state index contributed by atoms with van der Waals surface area (Å²) in [5.41, 5.74) is 1.79. The number of ether oxygens (including phenoxy) is 1. The van der Waals surface area contributed by atoms with E-state index in [9.17, 15) is 0 Å². The first-order valence-corrected chi connectivity index (χ1v) is 7.58. The molecule has 9 heteroatoms. The van der Waals surface area contributed by atoms with Crippen LogP contribution >= 0.6 is 0 Å². The molecule has 130 valence electrons. The highest BCUT2D eigenvalue weighted by Gasteiger charge is 2.18. The Hall–Kier alpha value is -3.23. The molecular formula is C16H18FN7O. The number of aromatic nitrogens is 5. The van der Waals surface area contributed by atoms with Gasteiger partial charge in [-0.15, -0.1) is 5.10 Å². The number of benzene rings is 1. The molecule has 0 aliphatic rings. The van der Waals surface area contributed by atoms with Gasteiger partial charge in [0.2, 0.25) is 5.95 Å². The van der Waals surface area contributed by atoms with Crippen molar-refractivity contribution in [2.45, 2.75) is 13.8 Å². The molecule has 0 atom stereocenters. The van der Waals surface area contributed by atoms with Gasteiger partial charge in [0.1, 0.15) is 17.3 Å². The first kappa shape index (κ1) is 16.6. The number of rotatable bonds is 5. The van der Waals surface area contributed by atoms with E-state index in [1.807, 2.05) is 6.92 Å². The minimum absolute atomic E-state index is 0.162. The van der Waals surface area contributed by atoms with Gasteiger partial charge in [-0.25, -0.2) is 14.1 Å². The standard InChI is InChI=1S/C16H18FN7O/c1-9-7-13(18-3)21-16(19-9)20-11-5-6-12(25-4)15(14(11)17)24-8-10(2)22-23-24/h5-8H,1-4H3,(H2,18,19,20,21). The van der Waals surface area contributed by atoms with Crippen LogP contribution in [0.2, 0.25) is 0 Å². The average molecular weight is 343 g/mol. The molecule has 3 aromatic rings. The number of anilines is 3. The number of halogens is 1. The molecule has 2 N–H and O–H groups in total. The zero-order valence-corrected chi connectivity index (χ0v) is 14.3. The Kier molecular flexibility index (Phi) is 4.46. The Morgan fingerprint density at radius 1 is 1.16 bits per heavy atom. The van der Waals surface area contributed by atoms with Crippen molar-refractivity contribution in [2.75, 3.05) is 24.8 Å². The third-order valence-corrected chi connectivity index (χ3v) is 3.49. The first-order chi connectivity index (χ1) is 12.0. The van der Waals surface area contributed by atoms with Gasteiger partial charge in [-0.2, -0.15) is 4.98 Å². The minimum atomic E-state index is -0.541. The van der Waals surface area contributed by atoms with Crippen LogP contribution in [-0.2, 0) is 0 Å². The maximum absolute atomic E-state index is 15.1. The van der Waals surface area contributed by atoms with Crippen molar-refractivity contribution in [1.82, 2.24) is 25.0 Å². The van der Waals surface area contributed by atoms with E-state index in [0.29, 0.717) is 17.3 Å². The van der Waals surface area contributed by atoms with Crippen LogP contribution in [0.5, 0.6) is 5.75 Å². The van der Waals surface area contributed by atoms with Crippen molar-refractivity contribution in [2.24, 2.45) is 0 Å². The highest BCUT2D eigenvalue weighted by atomic mass is 19.1. The summed E-state index contributed by atoms with van der Waals surface area (Å²) in [7, 11) is 3.22. The summed E-state index contributed by atoms with van der Waals surface area (Å²) in [5, 5.41) is 13.7. The normalized spacial score (nSPS) is 10.6. The number of hydrogen-bond donors (Lipinski definition) is 2. The van der Waals surface area contributed by atoms with Crippen LogP contribution in [0.1, 0.15) is 11.4 Å². The molecule has 0 fully saturated rings. The van der Waals surface area contributed by atoms with Crippen molar-refractivity contribution in [3.63, 3.8) is 0 Å². The summed E-state index contributed by atoms with van der Waals surface area (Å²) < 4.78 is 21.7. The van der Waals surface area contributed by atoms with E-state index >= 15 is 4.39 Å². The van der Waals surface area contributed by atoms with E-state index in [2.05, 4.69) is 30.9 Å². The van der Waals surface area contributed by atoms with Gasteiger partial charge in [-0.3, -0.25) is 0 Å². The maximum atomic E-state index is 15.1. The highest BCUT2D eigenvalue weighted by Crippen LogP contribution is 2.31. The van der Waals surface area contributed by atoms with Crippen molar-refractivity contribution in [3.8, 4) is 11.4 Å². The Bertz CT molecular complexity index is 909. The molecule has 0 amide bonds. The molecule has 0 aliphatic carbocycles. The number of aryl methyl sites for hydroxylation is 2. The number of nitrogens with zero attached hydrogens (tertiary/aromatic N) is 5. The molecule has 8 nitrogen and oxygen atoms in total. The summed E-state index contributed by atoms with van der Waals surface area (Å²) in [6, 6.07) is 5.00. The third-order valence-electron chi connectivity index (χ3n) is 3.49. The second-order valence-electron chi connectivity index (χ2n) is 5.38. The van der Waals surface area contributed by atoms with Gasteiger partial charge in [0.25, 0.3) is 0 Å². The lowest BCUT2D eigenvalue weighted by molar-refractivity contribution is 0.407. The molecule has 0 radical (unpaired) electrons. The first-order valence-electron chi connectivity index (χ1n) is 7.58. The SMILES string of the molecule is CNc1cc(C)nc(Nc2ccc(OC)c(-n3cc(C)nn3)c2F)n1. The van der Waals surface area contributed by atoms with Gasteiger partial charge in [0.05, 0.1) is 24.7 Å². The molecule has 0 saturated carbocycles. The van der Waals surface area contributed by atoms with Crippen molar-refractivity contribution in [3.05, 3.63) is 41.6 Å². The molecule has 2 heterocycles. The lowest BCUT2D eigenvalue weighted by Crippen LogP contribution is -2.07. The van der Waals surface area contributed by atoms with Crippen LogP contribution in [0.15, 0.2) is 24.4 Å². The Morgan fingerprint density at radius 3 is 2.60 bits per heavy atom. The van der Waals surface area contributed by atoms with Crippen LogP contribution in [-0.4, -0.2) is 39.1 Å². The summed E-state index contributed by atoms with van der Waals surface area (Å²) >= 11 is 0. The summed E-state index contributed by atoms with van der Waals surface area (Å²) in [6.45, 7) is 3.61. The predicted octanol–water partition coefficient (Wildman–Crippen LogP) is 2.61. The Balaban J connectivity index is 2.05. The lowest BCUT2D eigenvalue weighted by Gasteiger charge is -2.14. The summed E-state index contributed by atoms with van der Waals surface area (Å²) in [6.07, 6.45) is 1.62. The average Bonchev–Trinajstić information content (AvgIpc) is 3.01. The molecule has 0 spiro atoms. The molecule has 0 saturated heterocycles. The topological polar surface area (TPSA) is 89.8 Å². The zero-order valence-electron chi connectivity index (χ0n) is 14.3. The van der Waals surface area contributed by atoms with E-state index in [-0.39, 0.29) is 17.3 Å². The zero-order chi connectivity index (χ0) is 18.0. The number of methoxy groups -OCH3 is 1. The van der Waals surface area contributed by atoms with Crippen molar-refractivity contribution in [1.29, 1.82) is 0 Å². The second-order valence-corrected chi connectivity index (χ2v) is 5.38. The monoisotopic (exact) mass is 343 g/mol. The lowest BCUT2D eigenvalue weighted by atomic mass is 10.2. The summed E-state index contributed by atoms with van der Waals surface area (Å²) in [5.74, 6) is 0.722. The van der Waals surface area contributed by atoms with E-state index in [4.69, 9.17) is 4.74 Å². The quantitative estimate of drug-likeness (QED) is 0.736. The summed E-state index contributed by atoms with van der Waals surface area (Å²) in [4.78, 5) is 8.54. The molecule has 0 aliphatic heterocycles. The maximum Gasteiger partial charge on any atom is 0.229 e. The molecule has 2 aromatic heterocycles. The minimum Gasteiger partial charge on any atom is -0.494 e. The Morgan fingerprint density at radius 2 is 1.96 bits per heavy atom. The highest BCUT2D eigenvalue weighted by molar-refractivity contribution is 5.64. The molecule has 25 heavy (non-hydrogen) atoms. The van der Waals surface area contributed by atoms with E-state index in [1.165, 1.54) is 11.8 Å². The van der Waals surface area contributed by atoms with Gasteiger partial charge in [-0.1, -0.05) is 5.21 Å². The molecule has 3 rings (SSSR count). The fraction of sp³-hybridized carbons (Fsp3) is 0.250.